The zero-order chi connectivity index (χ0) is 18.8. The lowest BCUT2D eigenvalue weighted by Gasteiger charge is -2.12. The number of nitrogens with one attached hydrogen (secondary N) is 1. The van der Waals surface area contributed by atoms with E-state index in [-0.39, 0.29) is 35.1 Å². The Kier molecular flexibility index (Phi) is 4.79. The second kappa shape index (κ2) is 7.03. The molecule has 0 spiro atoms. The molecule has 1 amide bonds. The predicted molar refractivity (Wildman–Crippen MR) is 88.9 cm³/mol. The Labute approximate surface area is 147 Å². The lowest BCUT2D eigenvalue weighted by atomic mass is 10.0. The summed E-state index contributed by atoms with van der Waals surface area (Å²) >= 11 is 0. The van der Waals surface area contributed by atoms with E-state index < -0.39 is 35.0 Å². The van der Waals surface area contributed by atoms with Gasteiger partial charge in [0.1, 0.15) is 5.69 Å². The van der Waals surface area contributed by atoms with Crippen LogP contribution in [-0.2, 0) is 9.59 Å². The molecular weight excluding hydrogens is 347 g/mol. The van der Waals surface area contributed by atoms with Crippen molar-refractivity contribution in [3.05, 3.63) is 65.0 Å². The van der Waals surface area contributed by atoms with Crippen LogP contribution in [0.5, 0.6) is 0 Å². The number of aliphatic carboxylic acids is 1. The molecule has 134 valence electrons. The Morgan fingerprint density at radius 2 is 1.62 bits per heavy atom. The third kappa shape index (κ3) is 3.20. The van der Waals surface area contributed by atoms with Crippen LogP contribution in [-0.4, -0.2) is 17.0 Å². The van der Waals surface area contributed by atoms with Crippen LogP contribution in [0.1, 0.15) is 19.3 Å². The van der Waals surface area contributed by atoms with Crippen LogP contribution in [0, 0.1) is 17.5 Å². The minimum atomic E-state index is -1.53. The third-order valence-corrected chi connectivity index (χ3v) is 4.23. The van der Waals surface area contributed by atoms with Gasteiger partial charge in [-0.15, -0.1) is 0 Å². The monoisotopic (exact) mass is 361 g/mol. The van der Waals surface area contributed by atoms with Crippen molar-refractivity contribution in [2.75, 3.05) is 5.32 Å². The number of hydrogen-bond acceptors (Lipinski definition) is 2. The van der Waals surface area contributed by atoms with Gasteiger partial charge in [-0.1, -0.05) is 30.3 Å². The van der Waals surface area contributed by atoms with Crippen molar-refractivity contribution in [2.45, 2.75) is 19.3 Å². The number of carbonyl (C=O) groups is 2. The molecule has 0 unspecified atom stereocenters. The number of carboxylic acids is 1. The van der Waals surface area contributed by atoms with E-state index in [1.165, 1.54) is 12.1 Å². The summed E-state index contributed by atoms with van der Waals surface area (Å²) in [5.74, 6) is -6.17. The lowest BCUT2D eigenvalue weighted by molar-refractivity contribution is -0.133. The third-order valence-electron chi connectivity index (χ3n) is 4.23. The van der Waals surface area contributed by atoms with E-state index in [1.54, 1.807) is 18.2 Å². The van der Waals surface area contributed by atoms with Crippen LogP contribution in [0.25, 0.3) is 11.1 Å². The molecule has 0 saturated heterocycles. The van der Waals surface area contributed by atoms with Crippen molar-refractivity contribution in [1.82, 2.24) is 0 Å². The summed E-state index contributed by atoms with van der Waals surface area (Å²) in [5, 5.41) is 11.0. The molecule has 3 rings (SSSR count). The molecule has 2 N–H and O–H groups in total. The Bertz CT molecular complexity index is 923. The number of hydrogen-bond donors (Lipinski definition) is 2. The van der Waals surface area contributed by atoms with Gasteiger partial charge in [0, 0.05) is 16.7 Å². The van der Waals surface area contributed by atoms with Gasteiger partial charge in [-0.3, -0.25) is 4.79 Å². The molecule has 0 saturated carbocycles. The number of carboxylic acid groups (broad SMARTS) is 1. The molecule has 1 aliphatic carbocycles. The first-order valence-corrected chi connectivity index (χ1v) is 7.89. The largest absolute Gasteiger partial charge is 0.478 e. The molecule has 0 heterocycles. The van der Waals surface area contributed by atoms with Crippen molar-refractivity contribution in [3.8, 4) is 11.1 Å². The minimum Gasteiger partial charge on any atom is -0.478 e. The summed E-state index contributed by atoms with van der Waals surface area (Å²) in [6, 6.07) is 8.67. The minimum absolute atomic E-state index is 0.0520. The quantitative estimate of drug-likeness (QED) is 0.799. The van der Waals surface area contributed by atoms with E-state index >= 15 is 0 Å². The number of halogens is 3. The van der Waals surface area contributed by atoms with Gasteiger partial charge in [-0.05, 0) is 30.9 Å². The first kappa shape index (κ1) is 17.7. The Hall–Kier alpha value is -3.09. The smallest absolute Gasteiger partial charge is 0.332 e. The molecule has 0 aromatic heterocycles. The lowest BCUT2D eigenvalue weighted by Crippen LogP contribution is -2.18. The zero-order valence-corrected chi connectivity index (χ0v) is 13.5. The van der Waals surface area contributed by atoms with E-state index in [9.17, 15) is 22.8 Å². The van der Waals surface area contributed by atoms with Crippen LogP contribution < -0.4 is 5.32 Å². The second-order valence-electron chi connectivity index (χ2n) is 5.84. The van der Waals surface area contributed by atoms with Gasteiger partial charge in [0.25, 0.3) is 5.91 Å². The molecule has 1 aliphatic rings. The normalized spacial score (nSPS) is 13.8. The van der Waals surface area contributed by atoms with E-state index in [1.807, 2.05) is 5.32 Å². The average molecular weight is 361 g/mol. The van der Waals surface area contributed by atoms with Gasteiger partial charge in [0.15, 0.2) is 17.5 Å². The molecule has 2 aromatic carbocycles. The Balaban J connectivity index is 1.97. The van der Waals surface area contributed by atoms with Crippen LogP contribution in [0.4, 0.5) is 18.9 Å². The maximum Gasteiger partial charge on any atom is 0.332 e. The highest BCUT2D eigenvalue weighted by Gasteiger charge is 2.28. The summed E-state index contributed by atoms with van der Waals surface area (Å²) in [5.41, 5.74) is -1.07. The van der Waals surface area contributed by atoms with Crippen molar-refractivity contribution in [2.24, 2.45) is 0 Å². The Morgan fingerprint density at radius 1 is 0.962 bits per heavy atom. The van der Waals surface area contributed by atoms with Crippen LogP contribution in [0.3, 0.4) is 0 Å². The first-order chi connectivity index (χ1) is 12.4. The van der Waals surface area contributed by atoms with Crippen LogP contribution in [0.2, 0.25) is 0 Å². The zero-order valence-electron chi connectivity index (χ0n) is 13.5. The fourth-order valence-electron chi connectivity index (χ4n) is 2.96. The van der Waals surface area contributed by atoms with Crippen molar-refractivity contribution >= 4 is 17.6 Å². The van der Waals surface area contributed by atoms with E-state index in [4.69, 9.17) is 5.11 Å². The van der Waals surface area contributed by atoms with Gasteiger partial charge in [0.2, 0.25) is 0 Å². The highest BCUT2D eigenvalue weighted by atomic mass is 19.2. The molecule has 0 aliphatic heterocycles. The topological polar surface area (TPSA) is 66.4 Å². The highest BCUT2D eigenvalue weighted by molar-refractivity contribution is 6.09. The number of rotatable bonds is 4. The second-order valence-corrected chi connectivity index (χ2v) is 5.84. The van der Waals surface area contributed by atoms with Crippen molar-refractivity contribution in [1.29, 1.82) is 0 Å². The van der Waals surface area contributed by atoms with Gasteiger partial charge in [0.05, 0.1) is 0 Å². The van der Waals surface area contributed by atoms with Crippen molar-refractivity contribution in [3.63, 3.8) is 0 Å². The molecule has 2 aromatic rings. The van der Waals surface area contributed by atoms with Crippen LogP contribution >= 0.6 is 0 Å². The average Bonchev–Trinajstić information content (AvgIpc) is 3.12. The number of anilines is 1. The highest BCUT2D eigenvalue weighted by Crippen LogP contribution is 2.33. The molecular formula is C19H14F3NO3. The molecule has 7 heteroatoms. The molecule has 0 bridgehead atoms. The molecule has 0 radical (unpaired) electrons. The van der Waals surface area contributed by atoms with Crippen LogP contribution in [0.15, 0.2) is 47.5 Å². The molecule has 0 fully saturated rings. The van der Waals surface area contributed by atoms with E-state index in [2.05, 4.69) is 0 Å². The van der Waals surface area contributed by atoms with E-state index in [0.717, 1.165) is 6.07 Å². The van der Waals surface area contributed by atoms with Gasteiger partial charge >= 0.3 is 5.97 Å². The van der Waals surface area contributed by atoms with E-state index in [0.29, 0.717) is 6.42 Å². The maximum atomic E-state index is 14.4. The summed E-state index contributed by atoms with van der Waals surface area (Å²) in [6.45, 7) is 0. The number of benzene rings is 2. The van der Waals surface area contributed by atoms with Gasteiger partial charge < -0.3 is 10.4 Å². The number of amides is 1. The van der Waals surface area contributed by atoms with Gasteiger partial charge in [-0.2, -0.15) is 0 Å². The fraction of sp³-hybridized carbons (Fsp3) is 0.158. The Morgan fingerprint density at radius 3 is 2.27 bits per heavy atom. The predicted octanol–water partition coefficient (Wildman–Crippen LogP) is 4.27. The standard InChI is InChI=1S/C19H14F3NO3/c20-14-9-13(10-5-2-1-3-6-10)15(21)16(22)17(14)23-18(24)11-7-4-8-12(11)19(25)26/h1-3,5-6,9H,4,7-8H2,(H,23,24)(H,25,26). The molecule has 4 nitrogen and oxygen atoms in total. The first-order valence-electron chi connectivity index (χ1n) is 7.89. The molecule has 0 atom stereocenters. The molecule has 26 heavy (non-hydrogen) atoms. The fourth-order valence-corrected chi connectivity index (χ4v) is 2.96. The van der Waals surface area contributed by atoms with Gasteiger partial charge in [-0.25, -0.2) is 18.0 Å². The number of carbonyl (C=O) groups excluding carboxylic acids is 1. The van der Waals surface area contributed by atoms with Crippen molar-refractivity contribution < 1.29 is 27.9 Å². The maximum absolute atomic E-state index is 14.4. The summed E-state index contributed by atoms with van der Waals surface area (Å²) in [6.07, 6.45) is 0.836. The SMILES string of the molecule is O=C(O)C1=C(C(=O)Nc2c(F)cc(-c3ccccc3)c(F)c2F)CCC1. The summed E-state index contributed by atoms with van der Waals surface area (Å²) in [7, 11) is 0. The summed E-state index contributed by atoms with van der Waals surface area (Å²) in [4.78, 5) is 23.3. The summed E-state index contributed by atoms with van der Waals surface area (Å²) < 4.78 is 43.0.